The summed E-state index contributed by atoms with van der Waals surface area (Å²) in [5.74, 6) is -1.05. The summed E-state index contributed by atoms with van der Waals surface area (Å²) in [7, 11) is 0. The summed E-state index contributed by atoms with van der Waals surface area (Å²) in [6, 6.07) is 5.99. The second-order valence-electron chi connectivity index (χ2n) is 4.49. The third-order valence-electron chi connectivity index (χ3n) is 1.82. The Balaban J connectivity index is 3.00. The van der Waals surface area contributed by atoms with Gasteiger partial charge in [-0.15, -0.1) is 0 Å². The van der Waals surface area contributed by atoms with Crippen molar-refractivity contribution < 1.29 is 19.5 Å². The first-order chi connectivity index (χ1) is 7.83. The molecule has 0 aromatic heterocycles. The van der Waals surface area contributed by atoms with Crippen LogP contribution in [0.4, 0.5) is 5.69 Å². The van der Waals surface area contributed by atoms with Gasteiger partial charge in [-0.1, -0.05) is 6.07 Å². The first kappa shape index (κ1) is 13.2. The van der Waals surface area contributed by atoms with Gasteiger partial charge in [-0.05, 0) is 39.0 Å². The number of nitrogens with zero attached hydrogens (tertiary/aromatic N) is 1. The fraction of sp³-hybridized carbons (Fsp3) is 0.333. The van der Waals surface area contributed by atoms with Gasteiger partial charge in [0.1, 0.15) is 0 Å². The number of hydrogen-bond acceptors (Lipinski definition) is 3. The average molecular weight is 237 g/mol. The van der Waals surface area contributed by atoms with Gasteiger partial charge in [0.2, 0.25) is 6.41 Å². The van der Waals surface area contributed by atoms with E-state index in [4.69, 9.17) is 9.94 Å². The van der Waals surface area contributed by atoms with Crippen molar-refractivity contribution in [3.05, 3.63) is 29.8 Å². The van der Waals surface area contributed by atoms with Crippen molar-refractivity contribution >= 4 is 18.1 Å². The van der Waals surface area contributed by atoms with Gasteiger partial charge in [0, 0.05) is 0 Å². The number of benzene rings is 1. The predicted octanol–water partition coefficient (Wildman–Crippen LogP) is 2.08. The van der Waals surface area contributed by atoms with Gasteiger partial charge < -0.3 is 5.11 Å². The summed E-state index contributed by atoms with van der Waals surface area (Å²) in [6.45, 7) is 5.39. The summed E-state index contributed by atoms with van der Waals surface area (Å²) in [5, 5.41) is 9.87. The molecule has 5 heteroatoms. The molecule has 0 aliphatic rings. The Morgan fingerprint density at radius 3 is 2.53 bits per heavy atom. The summed E-state index contributed by atoms with van der Waals surface area (Å²) in [4.78, 5) is 27.1. The molecule has 5 nitrogen and oxygen atoms in total. The normalized spacial score (nSPS) is 11.0. The Kier molecular flexibility index (Phi) is 3.85. The highest BCUT2D eigenvalue weighted by molar-refractivity contribution is 5.89. The largest absolute Gasteiger partial charge is 0.478 e. The third-order valence-corrected chi connectivity index (χ3v) is 1.82. The molecule has 1 aromatic rings. The minimum atomic E-state index is -1.05. The molecule has 1 N–H and O–H groups in total. The van der Waals surface area contributed by atoms with Crippen molar-refractivity contribution in [2.75, 3.05) is 5.06 Å². The molecule has 0 bridgehead atoms. The van der Waals surface area contributed by atoms with Gasteiger partial charge in [-0.3, -0.25) is 9.63 Å². The maximum Gasteiger partial charge on any atom is 0.335 e. The zero-order valence-corrected chi connectivity index (χ0v) is 10.0. The van der Waals surface area contributed by atoms with E-state index in [9.17, 15) is 9.59 Å². The highest BCUT2D eigenvalue weighted by atomic mass is 16.7. The lowest BCUT2D eigenvalue weighted by Crippen LogP contribution is -2.33. The van der Waals surface area contributed by atoms with Gasteiger partial charge in [0.25, 0.3) is 0 Å². The first-order valence-electron chi connectivity index (χ1n) is 5.10. The lowest BCUT2D eigenvalue weighted by Gasteiger charge is -2.26. The van der Waals surface area contributed by atoms with E-state index in [1.54, 1.807) is 32.9 Å². The maximum atomic E-state index is 10.9. The second kappa shape index (κ2) is 4.97. The maximum absolute atomic E-state index is 10.9. The number of aromatic carboxylic acids is 1. The highest BCUT2D eigenvalue weighted by Gasteiger charge is 2.18. The molecule has 1 rings (SSSR count). The predicted molar refractivity (Wildman–Crippen MR) is 62.8 cm³/mol. The van der Waals surface area contributed by atoms with Crippen LogP contribution < -0.4 is 5.06 Å². The Bertz CT molecular complexity index is 423. The quantitative estimate of drug-likeness (QED) is 0.643. The summed E-state index contributed by atoms with van der Waals surface area (Å²) >= 11 is 0. The molecule has 0 unspecified atom stereocenters. The number of amides is 1. The Labute approximate surface area is 99.6 Å². The molecule has 0 saturated heterocycles. The van der Waals surface area contributed by atoms with Crippen LogP contribution in [0, 0.1) is 0 Å². The number of anilines is 1. The van der Waals surface area contributed by atoms with Gasteiger partial charge >= 0.3 is 5.97 Å². The molecule has 0 fully saturated rings. The smallest absolute Gasteiger partial charge is 0.335 e. The summed E-state index contributed by atoms with van der Waals surface area (Å²) < 4.78 is 0. The Morgan fingerprint density at radius 2 is 2.06 bits per heavy atom. The van der Waals surface area contributed by atoms with Crippen molar-refractivity contribution in [1.82, 2.24) is 0 Å². The van der Waals surface area contributed by atoms with Crippen LogP contribution in [-0.2, 0) is 9.63 Å². The fourth-order valence-electron chi connectivity index (χ4n) is 1.21. The minimum Gasteiger partial charge on any atom is -0.478 e. The number of rotatable bonds is 4. The van der Waals surface area contributed by atoms with Crippen LogP contribution in [0.5, 0.6) is 0 Å². The number of carboxylic acids is 1. The van der Waals surface area contributed by atoms with Crippen molar-refractivity contribution in [1.29, 1.82) is 0 Å². The summed E-state index contributed by atoms with van der Waals surface area (Å²) in [5.41, 5.74) is -0.0539. The number of carboxylic acid groups (broad SMARTS) is 1. The monoisotopic (exact) mass is 237 g/mol. The van der Waals surface area contributed by atoms with Crippen LogP contribution in [0.3, 0.4) is 0 Å². The molecule has 17 heavy (non-hydrogen) atoms. The number of hydroxylamine groups is 1. The van der Waals surface area contributed by atoms with Gasteiger partial charge in [-0.2, -0.15) is 5.06 Å². The van der Waals surface area contributed by atoms with Crippen LogP contribution in [0.15, 0.2) is 24.3 Å². The molecule has 0 heterocycles. The molecule has 1 aromatic carbocycles. The highest BCUT2D eigenvalue weighted by Crippen LogP contribution is 2.19. The van der Waals surface area contributed by atoms with Crippen LogP contribution in [0.2, 0.25) is 0 Å². The Morgan fingerprint density at radius 1 is 1.41 bits per heavy atom. The molecular weight excluding hydrogens is 222 g/mol. The summed E-state index contributed by atoms with van der Waals surface area (Å²) in [6.07, 6.45) is 0.506. The van der Waals surface area contributed by atoms with E-state index < -0.39 is 11.6 Å². The molecule has 0 spiro atoms. The van der Waals surface area contributed by atoms with Gasteiger partial charge in [0.05, 0.1) is 16.9 Å². The molecule has 0 aliphatic carbocycles. The molecule has 0 aliphatic heterocycles. The molecular formula is C12H15NO4. The van der Waals surface area contributed by atoms with Crippen LogP contribution in [0.1, 0.15) is 31.1 Å². The second-order valence-corrected chi connectivity index (χ2v) is 4.49. The molecule has 0 saturated carbocycles. The van der Waals surface area contributed by atoms with E-state index in [1.807, 2.05) is 0 Å². The van der Waals surface area contributed by atoms with E-state index in [0.29, 0.717) is 12.1 Å². The molecule has 0 radical (unpaired) electrons. The van der Waals surface area contributed by atoms with E-state index in [-0.39, 0.29) is 5.56 Å². The Hall–Kier alpha value is -1.88. The van der Waals surface area contributed by atoms with E-state index in [1.165, 1.54) is 12.1 Å². The lowest BCUT2D eigenvalue weighted by molar-refractivity contribution is -0.120. The van der Waals surface area contributed by atoms with Crippen LogP contribution in [-0.4, -0.2) is 23.1 Å². The van der Waals surface area contributed by atoms with Gasteiger partial charge in [0.15, 0.2) is 0 Å². The third kappa shape index (κ3) is 3.88. The minimum absolute atomic E-state index is 0.104. The molecule has 92 valence electrons. The van der Waals surface area contributed by atoms with E-state index in [2.05, 4.69) is 0 Å². The zero-order valence-electron chi connectivity index (χ0n) is 10.0. The SMILES string of the molecule is CC(C)(C)ON(C=O)c1cccc(C(=O)O)c1. The topological polar surface area (TPSA) is 66.8 Å². The van der Waals surface area contributed by atoms with Crippen molar-refractivity contribution in [2.45, 2.75) is 26.4 Å². The number of carbonyl (C=O) groups excluding carboxylic acids is 1. The lowest BCUT2D eigenvalue weighted by atomic mass is 10.2. The zero-order chi connectivity index (χ0) is 13.1. The number of carbonyl (C=O) groups is 2. The van der Waals surface area contributed by atoms with Crippen molar-refractivity contribution in [3.63, 3.8) is 0 Å². The van der Waals surface area contributed by atoms with Crippen molar-refractivity contribution in [3.8, 4) is 0 Å². The molecule has 0 atom stereocenters. The molecule has 1 amide bonds. The standard InChI is InChI=1S/C12H15NO4/c1-12(2,3)17-13(8-14)10-6-4-5-9(7-10)11(15)16/h4-8H,1-3H3,(H,15,16). The van der Waals surface area contributed by atoms with E-state index >= 15 is 0 Å². The first-order valence-corrected chi connectivity index (χ1v) is 5.10. The fourth-order valence-corrected chi connectivity index (χ4v) is 1.21. The van der Waals surface area contributed by atoms with Gasteiger partial charge in [-0.25, -0.2) is 4.79 Å². The van der Waals surface area contributed by atoms with E-state index in [0.717, 1.165) is 5.06 Å². The van der Waals surface area contributed by atoms with Crippen molar-refractivity contribution in [2.24, 2.45) is 0 Å². The van der Waals surface area contributed by atoms with Crippen LogP contribution in [0.25, 0.3) is 0 Å². The average Bonchev–Trinajstić information content (AvgIpc) is 2.25. The van der Waals surface area contributed by atoms with Crippen LogP contribution >= 0.6 is 0 Å². The number of hydrogen-bond donors (Lipinski definition) is 1.